The number of fused-ring (bicyclic) bond motifs is 2. The number of carboxylic acids is 1. The number of amides is 2. The number of hydrogen-bond donors (Lipinski definition) is 4. The van der Waals surface area contributed by atoms with Crippen LogP contribution in [0.3, 0.4) is 0 Å². The van der Waals surface area contributed by atoms with Gasteiger partial charge in [-0.3, -0.25) is 0 Å². The average molecular weight is 460 g/mol. The minimum absolute atomic E-state index is 0.160. The summed E-state index contributed by atoms with van der Waals surface area (Å²) in [4.78, 5) is 27.1. The third-order valence-electron chi connectivity index (χ3n) is 4.68. The Morgan fingerprint density at radius 2 is 1.93 bits per heavy atom. The summed E-state index contributed by atoms with van der Waals surface area (Å²) in [7, 11) is 0. The highest BCUT2D eigenvalue weighted by Crippen LogP contribution is 2.36. The monoisotopic (exact) mass is 459 g/mol. The maximum Gasteiger partial charge on any atom is 0.326 e. The first-order valence-corrected chi connectivity index (χ1v) is 9.71. The molecule has 4 rings (SSSR count). The Morgan fingerprint density at radius 3 is 2.72 bits per heavy atom. The molecule has 2 heterocycles. The molecular weight excluding hydrogens is 442 g/mol. The van der Waals surface area contributed by atoms with Crippen molar-refractivity contribution < 1.29 is 24.2 Å². The van der Waals surface area contributed by atoms with Crippen molar-refractivity contribution in [1.82, 2.24) is 15.6 Å². The molecule has 0 aliphatic carbocycles. The molecule has 3 aromatic rings. The van der Waals surface area contributed by atoms with Gasteiger partial charge in [0.05, 0.1) is 0 Å². The molecule has 0 radical (unpaired) electrons. The zero-order chi connectivity index (χ0) is 20.4. The zero-order valence-corrected chi connectivity index (χ0v) is 16.8. The lowest BCUT2D eigenvalue weighted by Gasteiger charge is -2.15. The maximum atomic E-state index is 12.3. The van der Waals surface area contributed by atoms with Crippen molar-refractivity contribution in [2.45, 2.75) is 19.0 Å². The second-order valence-corrected chi connectivity index (χ2v) is 7.43. The van der Waals surface area contributed by atoms with Crippen molar-refractivity contribution in [3.05, 3.63) is 58.2 Å². The SMILES string of the molecule is O=C(NCc1cc2c(cc1Br)OCO2)N[C@@H](Cc1c[nH]c2ccccc12)C(=O)O. The first kappa shape index (κ1) is 19.1. The van der Waals surface area contributed by atoms with E-state index >= 15 is 0 Å². The van der Waals surface area contributed by atoms with Crippen LogP contribution >= 0.6 is 15.9 Å². The van der Waals surface area contributed by atoms with Gasteiger partial charge in [-0.2, -0.15) is 0 Å². The van der Waals surface area contributed by atoms with Crippen LogP contribution < -0.4 is 20.1 Å². The first-order chi connectivity index (χ1) is 14.0. The Morgan fingerprint density at radius 1 is 1.17 bits per heavy atom. The number of benzene rings is 2. The predicted octanol–water partition coefficient (Wildman–Crippen LogP) is 3.15. The molecule has 2 aromatic carbocycles. The quantitative estimate of drug-likeness (QED) is 0.452. The van der Waals surface area contributed by atoms with Crippen LogP contribution in [0.4, 0.5) is 4.79 Å². The molecule has 0 saturated heterocycles. The Bertz CT molecular complexity index is 1080. The zero-order valence-electron chi connectivity index (χ0n) is 15.2. The number of hydrogen-bond acceptors (Lipinski definition) is 4. The minimum Gasteiger partial charge on any atom is -0.480 e. The summed E-state index contributed by atoms with van der Waals surface area (Å²) in [6.45, 7) is 0.357. The fourth-order valence-corrected chi connectivity index (χ4v) is 3.66. The van der Waals surface area contributed by atoms with Crippen LogP contribution in [0.25, 0.3) is 10.9 Å². The molecule has 1 aromatic heterocycles. The third-order valence-corrected chi connectivity index (χ3v) is 5.42. The van der Waals surface area contributed by atoms with Crippen molar-refractivity contribution in [2.75, 3.05) is 6.79 Å². The van der Waals surface area contributed by atoms with Crippen LogP contribution in [0.15, 0.2) is 47.1 Å². The molecule has 8 nitrogen and oxygen atoms in total. The van der Waals surface area contributed by atoms with E-state index in [9.17, 15) is 14.7 Å². The van der Waals surface area contributed by atoms with E-state index in [0.29, 0.717) is 11.5 Å². The topological polar surface area (TPSA) is 113 Å². The van der Waals surface area contributed by atoms with Gasteiger partial charge in [-0.15, -0.1) is 0 Å². The Labute approximate surface area is 174 Å². The number of aromatic amines is 1. The summed E-state index contributed by atoms with van der Waals surface area (Å²) in [6.07, 6.45) is 1.93. The van der Waals surface area contributed by atoms with E-state index in [1.54, 1.807) is 18.3 Å². The van der Waals surface area contributed by atoms with E-state index < -0.39 is 18.0 Å². The molecule has 0 spiro atoms. The molecule has 0 saturated carbocycles. The Balaban J connectivity index is 1.40. The lowest BCUT2D eigenvalue weighted by Crippen LogP contribution is -2.46. The first-order valence-electron chi connectivity index (χ1n) is 8.91. The van der Waals surface area contributed by atoms with E-state index in [-0.39, 0.29) is 19.8 Å². The number of urea groups is 1. The fraction of sp³-hybridized carbons (Fsp3) is 0.200. The molecule has 0 bridgehead atoms. The van der Waals surface area contributed by atoms with E-state index in [0.717, 1.165) is 26.5 Å². The molecule has 1 aliphatic heterocycles. The van der Waals surface area contributed by atoms with Gasteiger partial charge < -0.3 is 30.2 Å². The number of aromatic nitrogens is 1. The summed E-state index contributed by atoms with van der Waals surface area (Å²) in [5.41, 5.74) is 2.53. The summed E-state index contributed by atoms with van der Waals surface area (Å²) in [6, 6.07) is 9.53. The number of para-hydroxylation sites is 1. The van der Waals surface area contributed by atoms with Crippen LogP contribution in [0.2, 0.25) is 0 Å². The second kappa shape index (κ2) is 8.04. The highest BCUT2D eigenvalue weighted by atomic mass is 79.9. The van der Waals surface area contributed by atoms with Gasteiger partial charge in [0.1, 0.15) is 6.04 Å². The normalized spacial score (nSPS) is 13.3. The summed E-state index contributed by atoms with van der Waals surface area (Å²) in [5, 5.41) is 15.7. The molecule has 150 valence electrons. The van der Waals surface area contributed by atoms with Gasteiger partial charge >= 0.3 is 12.0 Å². The van der Waals surface area contributed by atoms with E-state index in [4.69, 9.17) is 9.47 Å². The second-order valence-electron chi connectivity index (χ2n) is 6.58. The molecule has 4 N–H and O–H groups in total. The van der Waals surface area contributed by atoms with Crippen molar-refractivity contribution in [3.8, 4) is 11.5 Å². The number of carbonyl (C=O) groups is 2. The molecule has 1 aliphatic rings. The van der Waals surface area contributed by atoms with Gasteiger partial charge in [0.25, 0.3) is 0 Å². The van der Waals surface area contributed by atoms with Crippen LogP contribution in [0, 0.1) is 0 Å². The van der Waals surface area contributed by atoms with Crippen LogP contribution in [-0.4, -0.2) is 34.9 Å². The minimum atomic E-state index is -1.10. The summed E-state index contributed by atoms with van der Waals surface area (Å²) >= 11 is 3.43. The highest BCUT2D eigenvalue weighted by molar-refractivity contribution is 9.10. The lowest BCUT2D eigenvalue weighted by atomic mass is 10.1. The summed E-state index contributed by atoms with van der Waals surface area (Å²) in [5.74, 6) is 0.137. The maximum absolute atomic E-state index is 12.3. The third kappa shape index (κ3) is 4.14. The number of aliphatic carboxylic acids is 1. The van der Waals surface area contributed by atoms with E-state index in [1.807, 2.05) is 24.3 Å². The Hall–Kier alpha value is -3.20. The molecule has 9 heteroatoms. The van der Waals surface area contributed by atoms with Crippen LogP contribution in [0.5, 0.6) is 11.5 Å². The van der Waals surface area contributed by atoms with Crippen molar-refractivity contribution in [2.24, 2.45) is 0 Å². The number of H-pyrrole nitrogens is 1. The number of nitrogens with one attached hydrogen (secondary N) is 3. The van der Waals surface area contributed by atoms with Gasteiger partial charge in [-0.05, 0) is 29.3 Å². The standard InChI is InChI=1S/C20H18BrN3O5/c21-14-7-18-17(28-10-29-18)6-12(14)9-23-20(27)24-16(19(25)26)5-11-8-22-15-4-2-1-3-13(11)15/h1-4,6-8,16,22H,5,9-10H2,(H,25,26)(H2,23,24,27)/t16-/m0/s1. The van der Waals surface area contributed by atoms with E-state index in [2.05, 4.69) is 31.5 Å². The van der Waals surface area contributed by atoms with Gasteiger partial charge in [0, 0.05) is 34.5 Å². The fourth-order valence-electron chi connectivity index (χ4n) is 3.20. The molecule has 2 amide bonds. The van der Waals surface area contributed by atoms with Gasteiger partial charge in [0.15, 0.2) is 11.5 Å². The molecule has 1 atom stereocenters. The number of carboxylic acid groups (broad SMARTS) is 1. The van der Waals surface area contributed by atoms with Gasteiger partial charge in [0.2, 0.25) is 6.79 Å². The van der Waals surface area contributed by atoms with Gasteiger partial charge in [-0.25, -0.2) is 9.59 Å². The average Bonchev–Trinajstić information content (AvgIpc) is 3.32. The number of rotatable bonds is 6. The number of carbonyl (C=O) groups excluding carboxylic acids is 1. The number of halogens is 1. The van der Waals surface area contributed by atoms with Crippen molar-refractivity contribution in [3.63, 3.8) is 0 Å². The van der Waals surface area contributed by atoms with Crippen LogP contribution in [-0.2, 0) is 17.8 Å². The molecular formula is C20H18BrN3O5. The number of ether oxygens (including phenoxy) is 2. The predicted molar refractivity (Wildman–Crippen MR) is 109 cm³/mol. The highest BCUT2D eigenvalue weighted by Gasteiger charge is 2.22. The Kier molecular flexibility index (Phi) is 5.30. The largest absolute Gasteiger partial charge is 0.480 e. The van der Waals surface area contributed by atoms with Gasteiger partial charge in [-0.1, -0.05) is 34.1 Å². The smallest absolute Gasteiger partial charge is 0.326 e. The molecule has 0 unspecified atom stereocenters. The molecule has 0 fully saturated rings. The van der Waals surface area contributed by atoms with Crippen LogP contribution in [0.1, 0.15) is 11.1 Å². The van der Waals surface area contributed by atoms with Crippen molar-refractivity contribution >= 4 is 38.8 Å². The lowest BCUT2D eigenvalue weighted by molar-refractivity contribution is -0.139. The van der Waals surface area contributed by atoms with Crippen molar-refractivity contribution in [1.29, 1.82) is 0 Å². The summed E-state index contributed by atoms with van der Waals surface area (Å²) < 4.78 is 11.4. The molecule has 29 heavy (non-hydrogen) atoms. The van der Waals surface area contributed by atoms with E-state index in [1.165, 1.54) is 0 Å².